The third-order valence-corrected chi connectivity index (χ3v) is 7.71. The van der Waals surface area contributed by atoms with Crippen molar-refractivity contribution in [3.63, 3.8) is 0 Å². The largest absolute Gasteiger partial charge is 0.337 e. The second-order valence-corrected chi connectivity index (χ2v) is 9.60. The molecule has 3 heterocycles. The average molecular weight is 407 g/mol. The molecule has 1 aromatic heterocycles. The molecule has 158 valence electrons. The number of amides is 2. The van der Waals surface area contributed by atoms with Gasteiger partial charge in [0.2, 0.25) is 5.91 Å². The molecular formula is C24H30N4O2. The zero-order valence-corrected chi connectivity index (χ0v) is 18.0. The van der Waals surface area contributed by atoms with Gasteiger partial charge in [0.15, 0.2) is 0 Å². The third-order valence-electron chi connectivity index (χ3n) is 7.71. The molecule has 30 heavy (non-hydrogen) atoms. The number of hydrogen-bond acceptors (Lipinski definition) is 3. The predicted molar refractivity (Wildman–Crippen MR) is 115 cm³/mol. The molecule has 2 aliphatic heterocycles. The van der Waals surface area contributed by atoms with E-state index < -0.39 is 0 Å². The Balaban J connectivity index is 1.47. The van der Waals surface area contributed by atoms with E-state index >= 15 is 0 Å². The molecule has 6 heteroatoms. The van der Waals surface area contributed by atoms with Gasteiger partial charge in [0.25, 0.3) is 5.91 Å². The fourth-order valence-electron chi connectivity index (χ4n) is 6.26. The van der Waals surface area contributed by atoms with E-state index in [0.717, 1.165) is 43.4 Å². The van der Waals surface area contributed by atoms with E-state index in [0.29, 0.717) is 12.2 Å². The Hall–Kier alpha value is -2.63. The van der Waals surface area contributed by atoms with Crippen LogP contribution in [-0.2, 0) is 4.79 Å². The zero-order valence-electron chi connectivity index (χ0n) is 18.0. The van der Waals surface area contributed by atoms with Crippen molar-refractivity contribution in [2.24, 2.45) is 5.41 Å². The van der Waals surface area contributed by atoms with Gasteiger partial charge in [-0.3, -0.25) is 14.7 Å². The van der Waals surface area contributed by atoms with Gasteiger partial charge in [-0.1, -0.05) is 49.6 Å². The average Bonchev–Trinajstić information content (AvgIpc) is 3.24. The summed E-state index contributed by atoms with van der Waals surface area (Å²) in [5.41, 5.74) is 3.50. The standard InChI is InChI=1S/C24H30N4O2/c1-15-8-10-17(11-9-15)19-12-20(26-25-19)23(30)28-18-13-24(3)21(27(14-18)16(2)29)6-4-5-7-22(24)28/h8-12,18,21-22H,4-7,13-14H2,1-3H3,(H,25,26)/t18-,21+,22-,24+/m0/s1. The summed E-state index contributed by atoms with van der Waals surface area (Å²) in [6.07, 6.45) is 5.27. The summed E-state index contributed by atoms with van der Waals surface area (Å²) in [5, 5.41) is 7.41. The van der Waals surface area contributed by atoms with Crippen LogP contribution in [0.25, 0.3) is 11.3 Å². The number of nitrogens with one attached hydrogen (secondary N) is 1. The molecule has 5 rings (SSSR count). The first-order chi connectivity index (χ1) is 14.4. The van der Waals surface area contributed by atoms with Gasteiger partial charge in [-0.15, -0.1) is 0 Å². The van der Waals surface area contributed by atoms with E-state index in [1.807, 2.05) is 23.1 Å². The number of likely N-dealkylation sites (tertiary alicyclic amines) is 2. The van der Waals surface area contributed by atoms with Crippen molar-refractivity contribution in [1.29, 1.82) is 0 Å². The molecular weight excluding hydrogens is 376 g/mol. The molecule has 2 bridgehead atoms. The van der Waals surface area contributed by atoms with E-state index in [-0.39, 0.29) is 35.4 Å². The number of hydrogen-bond donors (Lipinski definition) is 1. The lowest BCUT2D eigenvalue weighted by Gasteiger charge is -2.46. The molecule has 0 radical (unpaired) electrons. The maximum Gasteiger partial charge on any atom is 0.272 e. The van der Waals surface area contributed by atoms with Crippen LogP contribution in [0, 0.1) is 12.3 Å². The van der Waals surface area contributed by atoms with Crippen LogP contribution in [0.3, 0.4) is 0 Å². The molecule has 2 aromatic rings. The highest BCUT2D eigenvalue weighted by Crippen LogP contribution is 2.53. The number of aryl methyl sites for hydroxylation is 1. The number of aromatic nitrogens is 2. The second-order valence-electron chi connectivity index (χ2n) is 9.60. The van der Waals surface area contributed by atoms with Gasteiger partial charge in [-0.2, -0.15) is 5.10 Å². The molecule has 2 saturated heterocycles. The first kappa shape index (κ1) is 19.3. The number of piperidine rings is 1. The van der Waals surface area contributed by atoms with Gasteiger partial charge in [-0.25, -0.2) is 0 Å². The summed E-state index contributed by atoms with van der Waals surface area (Å²) in [6.45, 7) is 6.67. The highest BCUT2D eigenvalue weighted by Gasteiger charge is 2.60. The summed E-state index contributed by atoms with van der Waals surface area (Å²) in [6, 6.07) is 10.5. The van der Waals surface area contributed by atoms with Crippen LogP contribution in [0.2, 0.25) is 0 Å². The van der Waals surface area contributed by atoms with Gasteiger partial charge >= 0.3 is 0 Å². The Kier molecular flexibility index (Phi) is 4.49. The van der Waals surface area contributed by atoms with Crippen LogP contribution in [0.15, 0.2) is 30.3 Å². The Labute approximate surface area is 177 Å². The molecule has 1 N–H and O–H groups in total. The van der Waals surface area contributed by atoms with Crippen molar-refractivity contribution in [3.05, 3.63) is 41.6 Å². The molecule has 1 aromatic carbocycles. The number of carbonyl (C=O) groups excluding carboxylic acids is 2. The van der Waals surface area contributed by atoms with E-state index in [9.17, 15) is 9.59 Å². The van der Waals surface area contributed by atoms with E-state index in [4.69, 9.17) is 0 Å². The van der Waals surface area contributed by atoms with Crippen LogP contribution < -0.4 is 0 Å². The van der Waals surface area contributed by atoms with Gasteiger partial charge < -0.3 is 9.80 Å². The van der Waals surface area contributed by atoms with Crippen molar-refractivity contribution in [1.82, 2.24) is 20.0 Å². The van der Waals surface area contributed by atoms with E-state index in [2.05, 4.69) is 41.1 Å². The molecule has 0 unspecified atom stereocenters. The van der Waals surface area contributed by atoms with Crippen LogP contribution in [0.1, 0.15) is 62.0 Å². The lowest BCUT2D eigenvalue weighted by molar-refractivity contribution is -0.136. The van der Waals surface area contributed by atoms with Crippen molar-refractivity contribution >= 4 is 11.8 Å². The molecule has 0 spiro atoms. The van der Waals surface area contributed by atoms with Crippen molar-refractivity contribution in [3.8, 4) is 11.3 Å². The Morgan fingerprint density at radius 2 is 1.83 bits per heavy atom. The molecule has 4 atom stereocenters. The number of aromatic amines is 1. The topological polar surface area (TPSA) is 69.3 Å². The van der Waals surface area contributed by atoms with Crippen molar-refractivity contribution in [2.75, 3.05) is 6.54 Å². The van der Waals surface area contributed by atoms with Gasteiger partial charge in [0.1, 0.15) is 5.69 Å². The normalized spacial score (nSPS) is 30.3. The molecule has 3 fully saturated rings. The highest BCUT2D eigenvalue weighted by molar-refractivity contribution is 5.94. The Morgan fingerprint density at radius 3 is 2.53 bits per heavy atom. The minimum atomic E-state index is -0.0272. The van der Waals surface area contributed by atoms with Gasteiger partial charge in [0, 0.05) is 36.5 Å². The minimum absolute atomic E-state index is 0.0191. The SMILES string of the molecule is CC(=O)N1C[C@@H]2C[C@@]3(C)[C@H](CCCC[C@@H]13)N2C(=O)c1cc(-c2ccc(C)cc2)n[nH]1. The smallest absolute Gasteiger partial charge is 0.272 e. The zero-order chi connectivity index (χ0) is 21.0. The monoisotopic (exact) mass is 406 g/mol. The molecule has 6 nitrogen and oxygen atoms in total. The number of carbonyl (C=O) groups is 2. The quantitative estimate of drug-likeness (QED) is 0.825. The van der Waals surface area contributed by atoms with Gasteiger partial charge in [-0.05, 0) is 32.3 Å². The molecule has 3 aliphatic rings. The van der Waals surface area contributed by atoms with Crippen molar-refractivity contribution < 1.29 is 9.59 Å². The van der Waals surface area contributed by atoms with Crippen molar-refractivity contribution in [2.45, 2.75) is 71.0 Å². The molecule has 1 aliphatic carbocycles. The van der Waals surface area contributed by atoms with Gasteiger partial charge in [0.05, 0.1) is 11.7 Å². The number of H-pyrrole nitrogens is 1. The third kappa shape index (κ3) is 2.88. The number of benzene rings is 1. The fourth-order valence-corrected chi connectivity index (χ4v) is 6.26. The second kappa shape index (κ2) is 6.96. The van der Waals surface area contributed by atoms with E-state index in [1.54, 1.807) is 6.92 Å². The lowest BCUT2D eigenvalue weighted by Crippen LogP contribution is -2.55. The summed E-state index contributed by atoms with van der Waals surface area (Å²) < 4.78 is 0. The minimum Gasteiger partial charge on any atom is -0.337 e. The fraction of sp³-hybridized carbons (Fsp3) is 0.542. The highest BCUT2D eigenvalue weighted by atomic mass is 16.2. The summed E-state index contributed by atoms with van der Waals surface area (Å²) >= 11 is 0. The predicted octanol–water partition coefficient (Wildman–Crippen LogP) is 3.78. The maximum atomic E-state index is 13.7. The number of fused-ring (bicyclic) bond motifs is 1. The molecule has 2 amide bonds. The Bertz CT molecular complexity index is 981. The first-order valence-corrected chi connectivity index (χ1v) is 11.1. The van der Waals surface area contributed by atoms with E-state index in [1.165, 1.54) is 5.56 Å². The first-order valence-electron chi connectivity index (χ1n) is 11.1. The Morgan fingerprint density at radius 1 is 1.13 bits per heavy atom. The summed E-state index contributed by atoms with van der Waals surface area (Å²) in [7, 11) is 0. The summed E-state index contributed by atoms with van der Waals surface area (Å²) in [4.78, 5) is 30.2. The lowest BCUT2D eigenvalue weighted by atomic mass is 9.71. The molecule has 1 saturated carbocycles. The maximum absolute atomic E-state index is 13.7. The van der Waals surface area contributed by atoms with Crippen LogP contribution in [0.5, 0.6) is 0 Å². The van der Waals surface area contributed by atoms with Crippen LogP contribution >= 0.6 is 0 Å². The van der Waals surface area contributed by atoms with Crippen LogP contribution in [0.4, 0.5) is 0 Å². The van der Waals surface area contributed by atoms with Crippen LogP contribution in [-0.4, -0.2) is 56.5 Å². The number of rotatable bonds is 2. The number of nitrogens with zero attached hydrogens (tertiary/aromatic N) is 3. The summed E-state index contributed by atoms with van der Waals surface area (Å²) in [5.74, 6) is 0.153.